The molecular weight excluding hydrogens is 357 g/mol. The maximum Gasteiger partial charge on any atom is 0.327 e. The first-order chi connectivity index (χ1) is 12.5. The molecule has 0 aliphatic carbocycles. The van der Waals surface area contributed by atoms with E-state index < -0.39 is 6.03 Å². The van der Waals surface area contributed by atoms with E-state index in [2.05, 4.69) is 20.6 Å². The van der Waals surface area contributed by atoms with Crippen molar-refractivity contribution in [2.45, 2.75) is 0 Å². The molecule has 0 unspecified atom stereocenters. The second-order valence-corrected chi connectivity index (χ2v) is 5.77. The minimum Gasteiger partial charge on any atom is -0.340 e. The monoisotopic (exact) mass is 371 g/mol. The normalized spacial score (nSPS) is 10.3. The van der Waals surface area contributed by atoms with Gasteiger partial charge in [0.2, 0.25) is 0 Å². The van der Waals surface area contributed by atoms with Gasteiger partial charge in [-0.1, -0.05) is 23.7 Å². The van der Waals surface area contributed by atoms with Crippen LogP contribution in [0.15, 0.2) is 60.9 Å². The SMILES string of the molecule is CN(C(=O)Nc1ccccc1Cl)c1cc(Nc2ccc(F)cc2)ncn1. The zero-order chi connectivity index (χ0) is 18.5. The third kappa shape index (κ3) is 4.25. The van der Waals surface area contributed by atoms with Gasteiger partial charge >= 0.3 is 6.03 Å². The summed E-state index contributed by atoms with van der Waals surface area (Å²) in [6.07, 6.45) is 1.33. The van der Waals surface area contributed by atoms with Crippen LogP contribution in [0, 0.1) is 5.82 Å². The van der Waals surface area contributed by atoms with Gasteiger partial charge in [0.05, 0.1) is 10.7 Å². The van der Waals surface area contributed by atoms with Crippen LogP contribution in [0.5, 0.6) is 0 Å². The molecule has 0 atom stereocenters. The summed E-state index contributed by atoms with van der Waals surface area (Å²) >= 11 is 6.05. The number of nitrogens with one attached hydrogen (secondary N) is 2. The molecule has 3 aromatic rings. The van der Waals surface area contributed by atoms with Crippen molar-refractivity contribution in [2.24, 2.45) is 0 Å². The maximum atomic E-state index is 13.0. The van der Waals surface area contributed by atoms with E-state index in [1.807, 2.05) is 0 Å². The van der Waals surface area contributed by atoms with Crippen LogP contribution in [0.1, 0.15) is 0 Å². The van der Waals surface area contributed by atoms with Crippen LogP contribution in [0.25, 0.3) is 0 Å². The highest BCUT2D eigenvalue weighted by Gasteiger charge is 2.14. The number of halogens is 2. The summed E-state index contributed by atoms with van der Waals surface area (Å²) in [6.45, 7) is 0. The number of hydrogen-bond donors (Lipinski definition) is 2. The summed E-state index contributed by atoms with van der Waals surface area (Å²) in [5.41, 5.74) is 1.17. The first kappa shape index (κ1) is 17.6. The van der Waals surface area contributed by atoms with E-state index in [9.17, 15) is 9.18 Å². The van der Waals surface area contributed by atoms with Crippen LogP contribution in [-0.2, 0) is 0 Å². The molecule has 0 spiro atoms. The molecule has 8 heteroatoms. The molecule has 2 aromatic carbocycles. The van der Waals surface area contributed by atoms with E-state index in [1.165, 1.54) is 23.4 Å². The molecule has 132 valence electrons. The lowest BCUT2D eigenvalue weighted by Crippen LogP contribution is -2.32. The second kappa shape index (κ2) is 7.79. The number of hydrogen-bond acceptors (Lipinski definition) is 4. The highest BCUT2D eigenvalue weighted by molar-refractivity contribution is 6.33. The highest BCUT2D eigenvalue weighted by Crippen LogP contribution is 2.22. The fraction of sp³-hybridized carbons (Fsp3) is 0.0556. The summed E-state index contributed by atoms with van der Waals surface area (Å²) in [7, 11) is 1.58. The summed E-state index contributed by atoms with van der Waals surface area (Å²) < 4.78 is 13.0. The van der Waals surface area contributed by atoms with Gasteiger partial charge in [0.25, 0.3) is 0 Å². The van der Waals surface area contributed by atoms with Crippen LogP contribution in [0.3, 0.4) is 0 Å². The minimum absolute atomic E-state index is 0.324. The molecule has 0 saturated carbocycles. The Balaban J connectivity index is 1.73. The summed E-state index contributed by atoms with van der Waals surface area (Å²) in [6, 6.07) is 14.0. The first-order valence-corrected chi connectivity index (χ1v) is 8.04. The number of rotatable bonds is 4. The van der Waals surface area contributed by atoms with E-state index in [4.69, 9.17) is 11.6 Å². The number of anilines is 4. The van der Waals surface area contributed by atoms with Crippen molar-refractivity contribution < 1.29 is 9.18 Å². The zero-order valence-electron chi connectivity index (χ0n) is 13.8. The van der Waals surface area contributed by atoms with Gasteiger partial charge in [-0.25, -0.2) is 19.2 Å². The first-order valence-electron chi connectivity index (χ1n) is 7.67. The van der Waals surface area contributed by atoms with Crippen LogP contribution in [-0.4, -0.2) is 23.0 Å². The molecule has 0 aliphatic heterocycles. The number of carbonyl (C=O) groups is 1. The number of benzene rings is 2. The van der Waals surface area contributed by atoms with Crippen molar-refractivity contribution in [3.8, 4) is 0 Å². The second-order valence-electron chi connectivity index (χ2n) is 5.36. The van der Waals surface area contributed by atoms with Crippen molar-refractivity contribution in [3.63, 3.8) is 0 Å². The molecule has 2 amide bonds. The molecular formula is C18H15ClFN5O. The van der Waals surface area contributed by atoms with E-state index in [0.29, 0.717) is 28.0 Å². The quantitative estimate of drug-likeness (QED) is 0.698. The molecule has 1 heterocycles. The summed E-state index contributed by atoms with van der Waals surface area (Å²) in [5, 5.41) is 6.18. The lowest BCUT2D eigenvalue weighted by atomic mass is 10.3. The molecule has 2 N–H and O–H groups in total. The molecule has 0 fully saturated rings. The summed E-state index contributed by atoms with van der Waals surface area (Å²) in [4.78, 5) is 21.9. The minimum atomic E-state index is -0.399. The molecule has 3 rings (SSSR count). The van der Waals surface area contributed by atoms with Crippen LogP contribution in [0.4, 0.5) is 32.2 Å². The largest absolute Gasteiger partial charge is 0.340 e. The molecule has 0 radical (unpaired) electrons. The topological polar surface area (TPSA) is 70.2 Å². The standard InChI is InChI=1S/C18H15ClFN5O/c1-25(18(26)24-15-5-3-2-4-14(15)19)17-10-16(21-11-22-17)23-13-8-6-12(20)7-9-13/h2-11H,1H3,(H,24,26)(H,21,22,23). The lowest BCUT2D eigenvalue weighted by Gasteiger charge is -2.18. The average molecular weight is 372 g/mol. The van der Waals surface area contributed by atoms with Crippen molar-refractivity contribution in [1.29, 1.82) is 0 Å². The Labute approximate surface area is 154 Å². The van der Waals surface area contributed by atoms with Gasteiger partial charge in [-0.15, -0.1) is 0 Å². The number of urea groups is 1. The number of para-hydroxylation sites is 1. The Bertz CT molecular complexity index is 919. The molecule has 0 aliphatic rings. The molecule has 0 bridgehead atoms. The van der Waals surface area contributed by atoms with Crippen LogP contribution in [0.2, 0.25) is 5.02 Å². The van der Waals surface area contributed by atoms with Gasteiger partial charge in [-0.2, -0.15) is 0 Å². The number of amides is 2. The van der Waals surface area contributed by atoms with Gasteiger partial charge < -0.3 is 10.6 Å². The Morgan fingerprint density at radius 1 is 1.12 bits per heavy atom. The van der Waals surface area contributed by atoms with Gasteiger partial charge in [0.15, 0.2) is 0 Å². The number of carbonyl (C=O) groups excluding carboxylic acids is 1. The number of nitrogens with zero attached hydrogens (tertiary/aromatic N) is 3. The van der Waals surface area contributed by atoms with Gasteiger partial charge in [-0.3, -0.25) is 4.90 Å². The molecule has 0 saturated heterocycles. The third-order valence-corrected chi connectivity index (χ3v) is 3.86. The zero-order valence-corrected chi connectivity index (χ0v) is 14.5. The van der Waals surface area contributed by atoms with E-state index in [0.717, 1.165) is 0 Å². The molecule has 26 heavy (non-hydrogen) atoms. The van der Waals surface area contributed by atoms with Crippen molar-refractivity contribution in [3.05, 3.63) is 71.8 Å². The highest BCUT2D eigenvalue weighted by atomic mass is 35.5. The van der Waals surface area contributed by atoms with E-state index in [-0.39, 0.29) is 5.82 Å². The Hall–Kier alpha value is -3.19. The van der Waals surface area contributed by atoms with E-state index in [1.54, 1.807) is 49.5 Å². The summed E-state index contributed by atoms with van der Waals surface area (Å²) in [5.74, 6) is 0.531. The van der Waals surface area contributed by atoms with Gasteiger partial charge in [0.1, 0.15) is 23.8 Å². The van der Waals surface area contributed by atoms with E-state index >= 15 is 0 Å². The van der Waals surface area contributed by atoms with Crippen molar-refractivity contribution >= 4 is 40.6 Å². The molecule has 1 aromatic heterocycles. The predicted octanol–water partition coefficient (Wildman–Crippen LogP) is 4.68. The average Bonchev–Trinajstić information content (AvgIpc) is 2.65. The maximum absolute atomic E-state index is 13.0. The fourth-order valence-electron chi connectivity index (χ4n) is 2.15. The van der Waals surface area contributed by atoms with Crippen molar-refractivity contribution in [2.75, 3.05) is 22.6 Å². The van der Waals surface area contributed by atoms with Gasteiger partial charge in [-0.05, 0) is 36.4 Å². The fourth-order valence-corrected chi connectivity index (χ4v) is 2.33. The Kier molecular flexibility index (Phi) is 5.28. The predicted molar refractivity (Wildman–Crippen MR) is 101 cm³/mol. The lowest BCUT2D eigenvalue weighted by molar-refractivity contribution is 0.258. The van der Waals surface area contributed by atoms with Crippen LogP contribution >= 0.6 is 11.6 Å². The smallest absolute Gasteiger partial charge is 0.327 e. The third-order valence-electron chi connectivity index (χ3n) is 3.53. The Morgan fingerprint density at radius 2 is 1.85 bits per heavy atom. The Morgan fingerprint density at radius 3 is 2.58 bits per heavy atom. The van der Waals surface area contributed by atoms with Crippen molar-refractivity contribution in [1.82, 2.24) is 9.97 Å². The number of aromatic nitrogens is 2. The van der Waals surface area contributed by atoms with Crippen LogP contribution < -0.4 is 15.5 Å². The van der Waals surface area contributed by atoms with Gasteiger partial charge in [0, 0.05) is 18.8 Å². The molecule has 6 nitrogen and oxygen atoms in total.